The van der Waals surface area contributed by atoms with Crippen molar-refractivity contribution in [3.05, 3.63) is 5.15 Å². The average molecular weight is 247 g/mol. The number of aromatic nitrogens is 2. The Bertz CT molecular complexity index is 369. The number of piperidine rings is 1. The van der Waals surface area contributed by atoms with Gasteiger partial charge < -0.3 is 10.6 Å². The average Bonchev–Trinajstić information content (AvgIpc) is 2.64. The van der Waals surface area contributed by atoms with Crippen molar-refractivity contribution < 1.29 is 4.79 Å². The molecular formula is C8H11ClN4OS. The Balaban J connectivity index is 2.25. The highest BCUT2D eigenvalue weighted by Gasteiger charge is 2.30. The normalized spacial score (nSPS) is 21.7. The fourth-order valence-corrected chi connectivity index (χ4v) is 2.58. The third-order valence-electron chi connectivity index (χ3n) is 2.54. The van der Waals surface area contributed by atoms with E-state index in [2.05, 4.69) is 8.75 Å². The lowest BCUT2D eigenvalue weighted by molar-refractivity contribution is -0.119. The first-order valence-electron chi connectivity index (χ1n) is 4.74. The van der Waals surface area contributed by atoms with Crippen molar-refractivity contribution in [1.82, 2.24) is 8.75 Å². The minimum Gasteiger partial charge on any atom is -0.368 e. The summed E-state index contributed by atoms with van der Waals surface area (Å²) in [6.07, 6.45) is 2.81. The minimum absolute atomic E-state index is 0.292. The fraction of sp³-hybridized carbons (Fsp3) is 0.625. The monoisotopic (exact) mass is 246 g/mol. The Kier molecular flexibility index (Phi) is 3.06. The van der Waals surface area contributed by atoms with Gasteiger partial charge in [-0.25, -0.2) is 0 Å². The molecule has 2 N–H and O–H groups in total. The van der Waals surface area contributed by atoms with E-state index in [9.17, 15) is 4.79 Å². The van der Waals surface area contributed by atoms with E-state index >= 15 is 0 Å². The zero-order chi connectivity index (χ0) is 10.8. The molecule has 2 rings (SSSR count). The molecule has 0 bridgehead atoms. The summed E-state index contributed by atoms with van der Waals surface area (Å²) in [6, 6.07) is -0.292. The summed E-state index contributed by atoms with van der Waals surface area (Å²) >= 11 is 6.93. The highest BCUT2D eigenvalue weighted by atomic mass is 35.5. The Hall–Kier alpha value is -0.880. The quantitative estimate of drug-likeness (QED) is 0.846. The predicted molar refractivity (Wildman–Crippen MR) is 59.1 cm³/mol. The number of hydrogen-bond donors (Lipinski definition) is 1. The molecule has 0 saturated carbocycles. The van der Waals surface area contributed by atoms with Gasteiger partial charge in [-0.2, -0.15) is 8.75 Å². The number of amides is 1. The molecule has 0 radical (unpaired) electrons. The third-order valence-corrected chi connectivity index (χ3v) is 3.41. The maximum absolute atomic E-state index is 11.3. The van der Waals surface area contributed by atoms with E-state index in [4.69, 9.17) is 17.3 Å². The van der Waals surface area contributed by atoms with Crippen molar-refractivity contribution in [2.45, 2.75) is 25.3 Å². The van der Waals surface area contributed by atoms with E-state index in [0.29, 0.717) is 11.0 Å². The highest BCUT2D eigenvalue weighted by Crippen LogP contribution is 2.28. The molecule has 0 spiro atoms. The lowest BCUT2D eigenvalue weighted by atomic mass is 10.0. The van der Waals surface area contributed by atoms with Crippen LogP contribution in [0.3, 0.4) is 0 Å². The summed E-state index contributed by atoms with van der Waals surface area (Å²) in [4.78, 5) is 13.1. The van der Waals surface area contributed by atoms with Gasteiger partial charge in [-0.15, -0.1) is 0 Å². The van der Waals surface area contributed by atoms with E-state index in [0.717, 1.165) is 37.5 Å². The van der Waals surface area contributed by atoms with Crippen molar-refractivity contribution in [3.8, 4) is 0 Å². The molecule has 1 unspecified atom stereocenters. The van der Waals surface area contributed by atoms with Gasteiger partial charge in [-0.05, 0) is 19.3 Å². The first-order valence-corrected chi connectivity index (χ1v) is 5.85. The second kappa shape index (κ2) is 4.32. The molecule has 2 heterocycles. The number of carbonyl (C=O) groups is 1. The van der Waals surface area contributed by atoms with E-state index in [1.54, 1.807) is 0 Å². The van der Waals surface area contributed by atoms with Crippen LogP contribution in [-0.2, 0) is 4.79 Å². The van der Waals surface area contributed by atoms with Crippen LogP contribution in [0.15, 0.2) is 0 Å². The van der Waals surface area contributed by atoms with Crippen LogP contribution in [0.5, 0.6) is 0 Å². The lowest BCUT2D eigenvalue weighted by Gasteiger charge is -2.33. The summed E-state index contributed by atoms with van der Waals surface area (Å²) < 4.78 is 7.98. The number of carbonyl (C=O) groups excluding carboxylic acids is 1. The topological polar surface area (TPSA) is 72.1 Å². The first-order chi connectivity index (χ1) is 7.20. The van der Waals surface area contributed by atoms with E-state index in [1.807, 2.05) is 4.90 Å². The Labute approximate surface area is 96.5 Å². The summed E-state index contributed by atoms with van der Waals surface area (Å²) in [5, 5.41) is 0.355. The van der Waals surface area contributed by atoms with E-state index in [-0.39, 0.29) is 11.9 Å². The Morgan fingerprint density at radius 3 is 2.93 bits per heavy atom. The maximum Gasteiger partial charge on any atom is 0.240 e. The van der Waals surface area contributed by atoms with E-state index < -0.39 is 0 Å². The van der Waals surface area contributed by atoms with Crippen LogP contribution in [0.4, 0.5) is 5.82 Å². The molecule has 1 aliphatic rings. The zero-order valence-corrected chi connectivity index (χ0v) is 9.59. The largest absolute Gasteiger partial charge is 0.368 e. The standard InChI is InChI=1S/C8H11ClN4OS/c9-6-8(12-15-11-6)13-4-2-1-3-5(13)7(10)14/h5H,1-4H2,(H2,10,14). The lowest BCUT2D eigenvalue weighted by Crippen LogP contribution is -2.48. The number of rotatable bonds is 2. The number of primary amides is 1. The summed E-state index contributed by atoms with van der Waals surface area (Å²) in [7, 11) is 0. The SMILES string of the molecule is NC(=O)C1CCCCN1c1nsnc1Cl. The van der Waals surface area contributed by atoms with Crippen molar-refractivity contribution in [2.75, 3.05) is 11.4 Å². The second-order valence-electron chi connectivity index (χ2n) is 3.49. The van der Waals surface area contributed by atoms with Crippen molar-refractivity contribution in [2.24, 2.45) is 5.73 Å². The molecule has 0 aliphatic carbocycles. The van der Waals surface area contributed by atoms with Crippen molar-refractivity contribution in [1.29, 1.82) is 0 Å². The van der Waals surface area contributed by atoms with Gasteiger partial charge in [0.1, 0.15) is 6.04 Å². The predicted octanol–water partition coefficient (Wildman–Crippen LogP) is 1.04. The zero-order valence-electron chi connectivity index (χ0n) is 8.02. The Morgan fingerprint density at radius 1 is 1.53 bits per heavy atom. The highest BCUT2D eigenvalue weighted by molar-refractivity contribution is 6.99. The second-order valence-corrected chi connectivity index (χ2v) is 4.37. The van der Waals surface area contributed by atoms with Crippen LogP contribution in [-0.4, -0.2) is 27.2 Å². The third kappa shape index (κ3) is 2.05. The molecule has 82 valence electrons. The van der Waals surface area contributed by atoms with Crippen LogP contribution in [0.25, 0.3) is 0 Å². The Morgan fingerprint density at radius 2 is 2.33 bits per heavy atom. The number of nitrogens with zero attached hydrogens (tertiary/aromatic N) is 3. The number of halogens is 1. The van der Waals surface area contributed by atoms with Gasteiger partial charge in [-0.3, -0.25) is 4.79 Å². The molecule has 5 nitrogen and oxygen atoms in total. The van der Waals surface area contributed by atoms with Gasteiger partial charge in [0, 0.05) is 6.54 Å². The summed E-state index contributed by atoms with van der Waals surface area (Å²) in [5.41, 5.74) is 5.35. The molecule has 1 aromatic rings. The van der Waals surface area contributed by atoms with Gasteiger partial charge in [-0.1, -0.05) is 11.6 Å². The molecular weight excluding hydrogens is 236 g/mol. The maximum atomic E-state index is 11.3. The van der Waals surface area contributed by atoms with Crippen LogP contribution < -0.4 is 10.6 Å². The molecule has 1 aromatic heterocycles. The number of nitrogens with two attached hydrogens (primary N) is 1. The molecule has 1 fully saturated rings. The van der Waals surface area contributed by atoms with Crippen LogP contribution in [0, 0.1) is 0 Å². The van der Waals surface area contributed by atoms with Gasteiger partial charge in [0.25, 0.3) is 0 Å². The van der Waals surface area contributed by atoms with Crippen molar-refractivity contribution in [3.63, 3.8) is 0 Å². The van der Waals surface area contributed by atoms with Crippen LogP contribution >= 0.6 is 23.3 Å². The number of anilines is 1. The minimum atomic E-state index is -0.321. The molecule has 7 heteroatoms. The summed E-state index contributed by atoms with van der Waals surface area (Å²) in [6.45, 7) is 0.763. The summed E-state index contributed by atoms with van der Waals surface area (Å²) in [5.74, 6) is 0.268. The molecule has 1 amide bonds. The van der Waals surface area contributed by atoms with Gasteiger partial charge >= 0.3 is 0 Å². The van der Waals surface area contributed by atoms with Gasteiger partial charge in [0.15, 0.2) is 11.0 Å². The van der Waals surface area contributed by atoms with Crippen LogP contribution in [0.1, 0.15) is 19.3 Å². The molecule has 15 heavy (non-hydrogen) atoms. The van der Waals surface area contributed by atoms with E-state index in [1.165, 1.54) is 0 Å². The number of hydrogen-bond acceptors (Lipinski definition) is 5. The van der Waals surface area contributed by atoms with Gasteiger partial charge in [0.2, 0.25) is 5.91 Å². The van der Waals surface area contributed by atoms with Crippen LogP contribution in [0.2, 0.25) is 5.15 Å². The fourth-order valence-electron chi connectivity index (χ4n) is 1.83. The van der Waals surface area contributed by atoms with Gasteiger partial charge in [0.05, 0.1) is 11.7 Å². The smallest absolute Gasteiger partial charge is 0.240 e. The van der Waals surface area contributed by atoms with Crippen molar-refractivity contribution >= 4 is 35.1 Å². The first kappa shape index (κ1) is 10.6. The molecule has 0 aromatic carbocycles. The molecule has 1 atom stereocenters. The molecule has 1 saturated heterocycles. The molecule has 1 aliphatic heterocycles.